The smallest absolute Gasteiger partial charge is 0.298 e. The molecule has 43 heavy (non-hydrogen) atoms. The molecule has 8 nitrogen and oxygen atoms in total. The van der Waals surface area contributed by atoms with E-state index in [9.17, 15) is 9.59 Å². The Kier molecular flexibility index (Phi) is 12.9. The van der Waals surface area contributed by atoms with Crippen molar-refractivity contribution in [2.24, 2.45) is 4.99 Å². The van der Waals surface area contributed by atoms with Gasteiger partial charge in [0.05, 0.1) is 17.3 Å². The first-order valence-corrected chi connectivity index (χ1v) is 14.5. The van der Waals surface area contributed by atoms with E-state index in [0.29, 0.717) is 53.9 Å². The average Bonchev–Trinajstić information content (AvgIpc) is 3.00. The van der Waals surface area contributed by atoms with Crippen molar-refractivity contribution in [2.45, 2.75) is 46.3 Å². The topological polar surface area (TPSA) is 95.1 Å². The van der Waals surface area contributed by atoms with Crippen LogP contribution in [0.25, 0.3) is 0 Å². The summed E-state index contributed by atoms with van der Waals surface area (Å²) in [5, 5.41) is 10.2. The molecular weight excluding hydrogens is 562 g/mol. The highest BCUT2D eigenvalue weighted by Crippen LogP contribution is 2.36. The number of hydrogen-bond donors (Lipinski definition) is 3. The number of carbonyl (C=O) groups is 2. The zero-order valence-electron chi connectivity index (χ0n) is 25.2. The number of nitrogens with zero attached hydrogens (tertiary/aromatic N) is 2. The van der Waals surface area contributed by atoms with Crippen LogP contribution in [-0.2, 0) is 29.0 Å². The van der Waals surface area contributed by atoms with Gasteiger partial charge >= 0.3 is 0 Å². The Morgan fingerprint density at radius 2 is 1.86 bits per heavy atom. The molecule has 3 aromatic rings. The highest BCUT2D eigenvalue weighted by molar-refractivity contribution is 6.45. The zero-order chi connectivity index (χ0) is 31.2. The maximum absolute atomic E-state index is 12.9. The Hall–Kier alpha value is -4.56. The Morgan fingerprint density at radius 3 is 2.56 bits per heavy atom. The second-order valence-electron chi connectivity index (χ2n) is 9.98. The van der Waals surface area contributed by atoms with E-state index >= 15 is 0 Å². The molecule has 1 aliphatic rings. The van der Waals surface area contributed by atoms with Gasteiger partial charge in [-0.3, -0.25) is 9.59 Å². The molecule has 0 aromatic heterocycles. The second kappa shape index (κ2) is 16.8. The number of rotatable bonds is 8. The molecule has 0 aliphatic carbocycles. The number of amides is 1. The molecule has 9 heteroatoms. The third-order valence-electron chi connectivity index (χ3n) is 6.49. The van der Waals surface area contributed by atoms with E-state index in [1.807, 2.05) is 75.4 Å². The van der Waals surface area contributed by atoms with Gasteiger partial charge in [-0.05, 0) is 74.6 Å². The van der Waals surface area contributed by atoms with Gasteiger partial charge in [0.15, 0.2) is 5.75 Å². The van der Waals surface area contributed by atoms with Gasteiger partial charge in [-0.25, -0.2) is 4.99 Å². The largest absolute Gasteiger partial charge is 0.426 e. The molecule has 0 saturated heterocycles. The summed E-state index contributed by atoms with van der Waals surface area (Å²) in [7, 11) is 1.79. The van der Waals surface area contributed by atoms with Gasteiger partial charge in [-0.15, -0.1) is 6.58 Å². The SMILES string of the molecule is C/C=C(Cl)\C1=N/C(C)Nc2cccc(c2)CCc2cc(cc(N(C)CC(=O)NCc3ccccc3)c2OC=O)N1.C=CC. The molecule has 4 rings (SSSR count). The molecule has 226 valence electrons. The van der Waals surface area contributed by atoms with Gasteiger partial charge in [0.25, 0.3) is 6.47 Å². The Morgan fingerprint density at radius 1 is 1.12 bits per heavy atom. The number of nitrogens with one attached hydrogen (secondary N) is 3. The first kappa shape index (κ1) is 32.9. The lowest BCUT2D eigenvalue weighted by molar-refractivity contribution is -0.121. The van der Waals surface area contributed by atoms with Crippen molar-refractivity contribution >= 4 is 46.9 Å². The summed E-state index contributed by atoms with van der Waals surface area (Å²) in [5.41, 5.74) is 5.18. The van der Waals surface area contributed by atoms with Crippen molar-refractivity contribution in [2.75, 3.05) is 29.1 Å². The van der Waals surface area contributed by atoms with Crippen molar-refractivity contribution in [3.63, 3.8) is 0 Å². The van der Waals surface area contributed by atoms with Crippen LogP contribution in [0.5, 0.6) is 5.75 Å². The molecule has 0 saturated carbocycles. The van der Waals surface area contributed by atoms with Crippen LogP contribution in [0.3, 0.4) is 0 Å². The van der Waals surface area contributed by atoms with Crippen molar-refractivity contribution in [1.82, 2.24) is 5.32 Å². The minimum absolute atomic E-state index is 0.0600. The van der Waals surface area contributed by atoms with E-state index in [2.05, 4.69) is 34.7 Å². The van der Waals surface area contributed by atoms with Gasteiger partial charge in [-0.2, -0.15) is 0 Å². The van der Waals surface area contributed by atoms with Crippen LogP contribution >= 0.6 is 11.6 Å². The van der Waals surface area contributed by atoms with Gasteiger partial charge in [0.2, 0.25) is 5.91 Å². The average molecular weight is 602 g/mol. The van der Waals surface area contributed by atoms with E-state index < -0.39 is 0 Å². The number of carbonyl (C=O) groups excluding carboxylic acids is 2. The fourth-order valence-corrected chi connectivity index (χ4v) is 4.64. The first-order valence-electron chi connectivity index (χ1n) is 14.2. The number of amidine groups is 1. The summed E-state index contributed by atoms with van der Waals surface area (Å²) >= 11 is 6.56. The fourth-order valence-electron chi connectivity index (χ4n) is 4.54. The monoisotopic (exact) mass is 601 g/mol. The number of fused-ring (bicyclic) bond motifs is 4. The van der Waals surface area contributed by atoms with Gasteiger partial charge in [-0.1, -0.05) is 66.2 Å². The van der Waals surface area contributed by atoms with E-state index in [-0.39, 0.29) is 18.6 Å². The number of anilines is 3. The molecule has 1 aliphatic heterocycles. The maximum Gasteiger partial charge on any atom is 0.298 e. The zero-order valence-corrected chi connectivity index (χ0v) is 25.9. The quantitative estimate of drug-likeness (QED) is 0.197. The fraction of sp³-hybridized carbons (Fsp3) is 0.265. The molecule has 0 spiro atoms. The van der Waals surface area contributed by atoms with Crippen LogP contribution in [0.2, 0.25) is 0 Å². The number of allylic oxidation sites excluding steroid dienone is 2. The number of benzene rings is 3. The summed E-state index contributed by atoms with van der Waals surface area (Å²) in [6, 6.07) is 21.6. The minimum Gasteiger partial charge on any atom is -0.426 e. The van der Waals surface area contributed by atoms with Crippen molar-refractivity contribution in [3.8, 4) is 5.75 Å². The van der Waals surface area contributed by atoms with E-state index in [1.54, 1.807) is 24.1 Å². The van der Waals surface area contributed by atoms with E-state index in [1.165, 1.54) is 0 Å². The maximum atomic E-state index is 12.9. The third kappa shape index (κ3) is 10.0. The molecule has 3 N–H and O–H groups in total. The molecule has 1 atom stereocenters. The van der Waals surface area contributed by atoms with Gasteiger partial charge < -0.3 is 25.6 Å². The number of ether oxygens (including phenoxy) is 1. The highest BCUT2D eigenvalue weighted by atomic mass is 35.5. The number of halogens is 1. The van der Waals surface area contributed by atoms with Crippen molar-refractivity contribution in [1.29, 1.82) is 0 Å². The van der Waals surface area contributed by atoms with Crippen LogP contribution in [0.1, 0.15) is 37.5 Å². The van der Waals surface area contributed by atoms with E-state index in [4.69, 9.17) is 21.3 Å². The van der Waals surface area contributed by atoms with Gasteiger partial charge in [0.1, 0.15) is 12.0 Å². The molecule has 3 aromatic carbocycles. The molecule has 1 unspecified atom stereocenters. The van der Waals surface area contributed by atoms with Crippen LogP contribution in [0.4, 0.5) is 17.1 Å². The lowest BCUT2D eigenvalue weighted by atomic mass is 10.0. The van der Waals surface area contributed by atoms with Crippen molar-refractivity contribution in [3.05, 3.63) is 107 Å². The standard InChI is InChI=1S/C31H34ClN5O3.C3H6/c1-4-27(32)31-35-21(2)34-25-12-8-11-22(15-25)13-14-24-16-26(36-31)17-28(30(24)40-20-38)37(3)19-29(39)33-18-23-9-6-5-7-10-23;1-3-2/h4-12,15-17,20-21,34H,13-14,18-19H2,1-3H3,(H,33,39)(H,35,36);3H,1H2,2H3/b27-4+;. The minimum atomic E-state index is -0.264. The van der Waals surface area contributed by atoms with Gasteiger partial charge in [0, 0.05) is 25.0 Å². The molecular formula is C34H40ClN5O3. The predicted octanol–water partition coefficient (Wildman–Crippen LogP) is 6.68. The third-order valence-corrected chi connectivity index (χ3v) is 6.88. The first-order chi connectivity index (χ1) is 20.8. The summed E-state index contributed by atoms with van der Waals surface area (Å²) in [6.45, 7) is 9.95. The summed E-state index contributed by atoms with van der Waals surface area (Å²) in [4.78, 5) is 31.0. The molecule has 0 radical (unpaired) electrons. The number of aliphatic imine (C=N–C) groups is 1. The summed E-state index contributed by atoms with van der Waals surface area (Å²) in [6.07, 6.45) is 4.57. The number of likely N-dealkylation sites (N-methyl/N-ethyl adjacent to an activating group) is 1. The van der Waals surface area contributed by atoms with Crippen molar-refractivity contribution < 1.29 is 14.3 Å². The molecule has 0 fully saturated rings. The highest BCUT2D eigenvalue weighted by Gasteiger charge is 2.20. The second-order valence-corrected chi connectivity index (χ2v) is 10.4. The van der Waals surface area contributed by atoms with Crippen LogP contribution in [-0.4, -0.2) is 38.0 Å². The van der Waals surface area contributed by atoms with Crippen LogP contribution in [0.15, 0.2) is 95.5 Å². The number of hydrogen-bond acceptors (Lipinski definition) is 7. The summed E-state index contributed by atoms with van der Waals surface area (Å²) < 4.78 is 5.53. The molecule has 1 amide bonds. The Labute approximate surface area is 259 Å². The number of aryl methyl sites for hydroxylation is 2. The van der Waals surface area contributed by atoms with E-state index in [0.717, 1.165) is 22.4 Å². The van der Waals surface area contributed by atoms with Crippen LogP contribution < -0.4 is 25.6 Å². The lowest BCUT2D eigenvalue weighted by Crippen LogP contribution is -2.35. The Balaban J connectivity index is 0.00000162. The molecule has 1 heterocycles. The summed E-state index contributed by atoms with van der Waals surface area (Å²) in [5.74, 6) is 0.737. The normalized spacial score (nSPS) is 15.6. The Bertz CT molecular complexity index is 1460. The predicted molar refractivity (Wildman–Crippen MR) is 178 cm³/mol. The lowest BCUT2D eigenvalue weighted by Gasteiger charge is -2.24. The molecule has 4 bridgehead atoms. The van der Waals surface area contributed by atoms with Crippen LogP contribution in [0, 0.1) is 0 Å².